The van der Waals surface area contributed by atoms with Gasteiger partial charge in [-0.05, 0) is 42.8 Å². The van der Waals surface area contributed by atoms with Crippen molar-refractivity contribution in [1.29, 1.82) is 0 Å². The molecule has 0 saturated carbocycles. The molecule has 166 valence electrons. The van der Waals surface area contributed by atoms with Gasteiger partial charge in [0, 0.05) is 36.4 Å². The van der Waals surface area contributed by atoms with E-state index in [9.17, 15) is 4.79 Å². The molecule has 0 bridgehead atoms. The molecule has 0 unspecified atom stereocenters. The number of rotatable bonds is 10. The number of furan rings is 1. The highest BCUT2D eigenvalue weighted by Crippen LogP contribution is 2.31. The molecule has 0 aliphatic heterocycles. The van der Waals surface area contributed by atoms with Crippen LogP contribution in [-0.4, -0.2) is 45.9 Å². The number of halogens is 1. The summed E-state index contributed by atoms with van der Waals surface area (Å²) in [5.41, 5.74) is 1.28. The van der Waals surface area contributed by atoms with Gasteiger partial charge in [-0.2, -0.15) is 0 Å². The lowest BCUT2D eigenvalue weighted by Crippen LogP contribution is -2.25. The fourth-order valence-electron chi connectivity index (χ4n) is 2.87. The lowest BCUT2D eigenvalue weighted by molar-refractivity contribution is 0.0944. The number of nitrogens with one attached hydrogen (secondary N) is 1. The maximum absolute atomic E-state index is 12.2. The number of methoxy groups -OCH3 is 1. The van der Waals surface area contributed by atoms with Crippen molar-refractivity contribution in [1.82, 2.24) is 25.1 Å². The van der Waals surface area contributed by atoms with Crippen molar-refractivity contribution >= 4 is 40.6 Å². The van der Waals surface area contributed by atoms with E-state index in [1.165, 1.54) is 23.1 Å². The number of thiazole rings is 1. The van der Waals surface area contributed by atoms with Crippen LogP contribution in [0.15, 0.2) is 57.6 Å². The quantitative estimate of drug-likeness (QED) is 0.255. The van der Waals surface area contributed by atoms with E-state index in [0.717, 1.165) is 17.1 Å². The summed E-state index contributed by atoms with van der Waals surface area (Å²) < 4.78 is 12.4. The zero-order chi connectivity index (χ0) is 22.3. The molecule has 4 rings (SSSR count). The molecule has 32 heavy (non-hydrogen) atoms. The average Bonchev–Trinajstić information content (AvgIpc) is 3.56. The molecule has 1 aromatic carbocycles. The highest BCUT2D eigenvalue weighted by Gasteiger charge is 2.19. The van der Waals surface area contributed by atoms with Crippen LogP contribution in [0.5, 0.6) is 0 Å². The summed E-state index contributed by atoms with van der Waals surface area (Å²) >= 11 is 8.98. The molecule has 0 aliphatic rings. The highest BCUT2D eigenvalue weighted by molar-refractivity contribution is 7.98. The number of hydrogen-bond donors (Lipinski definition) is 1. The summed E-state index contributed by atoms with van der Waals surface area (Å²) in [5, 5.41) is 15.4. The lowest BCUT2D eigenvalue weighted by atomic mass is 10.3. The third-order valence-electron chi connectivity index (χ3n) is 4.38. The third kappa shape index (κ3) is 5.39. The van der Waals surface area contributed by atoms with Crippen molar-refractivity contribution in [2.45, 2.75) is 17.3 Å². The third-order valence-corrected chi connectivity index (χ3v) is 6.60. The molecule has 11 heteroatoms. The Morgan fingerprint density at radius 2 is 2.12 bits per heavy atom. The predicted octanol–water partition coefficient (Wildman–Crippen LogP) is 4.70. The van der Waals surface area contributed by atoms with Gasteiger partial charge in [-0.3, -0.25) is 9.36 Å². The van der Waals surface area contributed by atoms with Crippen molar-refractivity contribution in [2.24, 2.45) is 0 Å². The molecule has 0 aliphatic carbocycles. The highest BCUT2D eigenvalue weighted by atomic mass is 35.5. The van der Waals surface area contributed by atoms with E-state index in [0.29, 0.717) is 46.4 Å². The Morgan fingerprint density at radius 3 is 2.88 bits per heavy atom. The number of ether oxygens (including phenoxy) is 1. The van der Waals surface area contributed by atoms with E-state index in [2.05, 4.69) is 20.5 Å². The number of carbonyl (C=O) groups excluding carboxylic acids is 1. The summed E-state index contributed by atoms with van der Waals surface area (Å²) in [7, 11) is 1.64. The van der Waals surface area contributed by atoms with E-state index in [-0.39, 0.29) is 5.91 Å². The SMILES string of the molecule is COCCCNC(=O)c1csc(CSc2nnc(-c3ccco3)n2-c2ccc(Cl)cc2)n1. The molecule has 0 atom stereocenters. The van der Waals surface area contributed by atoms with Gasteiger partial charge in [-0.25, -0.2) is 4.98 Å². The van der Waals surface area contributed by atoms with Gasteiger partial charge in [-0.1, -0.05) is 23.4 Å². The van der Waals surface area contributed by atoms with Gasteiger partial charge < -0.3 is 14.5 Å². The Bertz CT molecular complexity index is 1160. The van der Waals surface area contributed by atoms with Crippen molar-refractivity contribution in [3.63, 3.8) is 0 Å². The van der Waals surface area contributed by atoms with Crippen LogP contribution in [-0.2, 0) is 10.5 Å². The topological polar surface area (TPSA) is 95.1 Å². The second-order valence-electron chi connectivity index (χ2n) is 6.61. The summed E-state index contributed by atoms with van der Waals surface area (Å²) in [6.45, 7) is 1.15. The number of amides is 1. The fraction of sp³-hybridized carbons (Fsp3) is 0.238. The van der Waals surface area contributed by atoms with Crippen LogP contribution in [0, 0.1) is 0 Å². The summed E-state index contributed by atoms with van der Waals surface area (Å²) in [5.74, 6) is 1.57. The van der Waals surface area contributed by atoms with E-state index in [4.69, 9.17) is 20.8 Å². The minimum Gasteiger partial charge on any atom is -0.461 e. The van der Waals surface area contributed by atoms with Crippen molar-refractivity contribution in [3.05, 3.63) is 63.8 Å². The molecule has 3 aromatic heterocycles. The van der Waals surface area contributed by atoms with Crippen LogP contribution in [0.25, 0.3) is 17.3 Å². The van der Waals surface area contributed by atoms with Gasteiger partial charge in [0.1, 0.15) is 10.7 Å². The van der Waals surface area contributed by atoms with Crippen LogP contribution >= 0.6 is 34.7 Å². The van der Waals surface area contributed by atoms with Crippen LogP contribution in [0.3, 0.4) is 0 Å². The Hall–Kier alpha value is -2.66. The molecule has 0 radical (unpaired) electrons. The second kappa shape index (κ2) is 10.8. The van der Waals surface area contributed by atoms with E-state index in [1.54, 1.807) is 24.8 Å². The molecular formula is C21H20ClN5O3S2. The average molecular weight is 490 g/mol. The van der Waals surface area contributed by atoms with E-state index < -0.39 is 0 Å². The van der Waals surface area contributed by atoms with Gasteiger partial charge in [0.05, 0.1) is 12.0 Å². The summed E-state index contributed by atoms with van der Waals surface area (Å²) in [6.07, 6.45) is 2.36. The van der Waals surface area contributed by atoms with Gasteiger partial charge in [-0.15, -0.1) is 21.5 Å². The van der Waals surface area contributed by atoms with Crippen LogP contribution in [0.4, 0.5) is 0 Å². The minimum atomic E-state index is -0.182. The monoisotopic (exact) mass is 489 g/mol. The predicted molar refractivity (Wildman–Crippen MR) is 125 cm³/mol. The maximum Gasteiger partial charge on any atom is 0.270 e. The molecule has 0 spiro atoms. The zero-order valence-corrected chi connectivity index (χ0v) is 19.5. The molecular weight excluding hydrogens is 470 g/mol. The van der Waals surface area contributed by atoms with Crippen molar-refractivity contribution in [2.75, 3.05) is 20.3 Å². The van der Waals surface area contributed by atoms with Crippen LogP contribution < -0.4 is 5.32 Å². The first-order valence-electron chi connectivity index (χ1n) is 9.75. The van der Waals surface area contributed by atoms with E-state index >= 15 is 0 Å². The van der Waals surface area contributed by atoms with Crippen LogP contribution in [0.2, 0.25) is 5.02 Å². The lowest BCUT2D eigenvalue weighted by Gasteiger charge is -2.09. The molecule has 1 amide bonds. The smallest absolute Gasteiger partial charge is 0.270 e. The Labute approximate surface area is 198 Å². The van der Waals surface area contributed by atoms with Crippen molar-refractivity contribution < 1.29 is 13.9 Å². The second-order valence-corrected chi connectivity index (χ2v) is 8.93. The fourth-order valence-corrected chi connectivity index (χ4v) is 4.74. The molecule has 8 nitrogen and oxygen atoms in total. The number of nitrogens with zero attached hydrogens (tertiary/aromatic N) is 4. The van der Waals surface area contributed by atoms with Gasteiger partial charge in [0.15, 0.2) is 10.9 Å². The minimum absolute atomic E-state index is 0.182. The van der Waals surface area contributed by atoms with Gasteiger partial charge in [0.2, 0.25) is 5.82 Å². The largest absolute Gasteiger partial charge is 0.461 e. The van der Waals surface area contributed by atoms with Crippen molar-refractivity contribution in [3.8, 4) is 17.3 Å². The molecule has 1 N–H and O–H groups in total. The molecule has 3 heterocycles. The number of aromatic nitrogens is 4. The summed E-state index contributed by atoms with van der Waals surface area (Å²) in [6, 6.07) is 11.1. The van der Waals surface area contributed by atoms with Gasteiger partial charge >= 0.3 is 0 Å². The Kier molecular flexibility index (Phi) is 7.59. The molecule has 0 saturated heterocycles. The van der Waals surface area contributed by atoms with E-state index in [1.807, 2.05) is 34.9 Å². The maximum atomic E-state index is 12.2. The first-order chi connectivity index (χ1) is 15.7. The number of thioether (sulfide) groups is 1. The first-order valence-corrected chi connectivity index (χ1v) is 12.0. The Morgan fingerprint density at radius 1 is 1.28 bits per heavy atom. The Balaban J connectivity index is 1.49. The van der Waals surface area contributed by atoms with Gasteiger partial charge in [0.25, 0.3) is 5.91 Å². The number of carbonyl (C=O) groups is 1. The normalized spacial score (nSPS) is 11.1. The van der Waals surface area contributed by atoms with Crippen LogP contribution in [0.1, 0.15) is 21.9 Å². The zero-order valence-electron chi connectivity index (χ0n) is 17.2. The summed E-state index contributed by atoms with van der Waals surface area (Å²) in [4.78, 5) is 16.7. The molecule has 0 fully saturated rings. The number of hydrogen-bond acceptors (Lipinski definition) is 8. The number of benzene rings is 1. The first kappa shape index (κ1) is 22.5. The molecule has 4 aromatic rings. The standard InChI is InChI=1S/C21H20ClN5O3S2/c1-29-10-3-9-23-20(28)16-12-31-18(24-16)13-32-21-26-25-19(17-4-2-11-30-17)27(21)15-7-5-14(22)6-8-15/h2,4-8,11-12H,3,9-10,13H2,1H3,(H,23,28).